The minimum absolute atomic E-state index is 0.117. The summed E-state index contributed by atoms with van der Waals surface area (Å²) >= 11 is 13.4. The monoisotopic (exact) mass is 559 g/mol. The predicted molar refractivity (Wildman–Crippen MR) is 139 cm³/mol. The van der Waals surface area contributed by atoms with Gasteiger partial charge in [-0.05, 0) is 48.5 Å². The first kappa shape index (κ1) is 24.2. The van der Waals surface area contributed by atoms with Crippen molar-refractivity contribution >= 4 is 67.1 Å². The van der Waals surface area contributed by atoms with Crippen LogP contribution in [0.3, 0.4) is 0 Å². The molecule has 0 unspecified atom stereocenters. The van der Waals surface area contributed by atoms with E-state index < -0.39 is 22.5 Å². The molecule has 5 rings (SSSR count). The maximum Gasteiger partial charge on any atom is 0.324 e. The number of aliphatic carboxylic acids is 1. The summed E-state index contributed by atoms with van der Waals surface area (Å²) < 4.78 is 29.4. The Bertz CT molecular complexity index is 1680. The first-order valence-corrected chi connectivity index (χ1v) is 13.3. The Morgan fingerprint density at radius 2 is 1.81 bits per heavy atom. The van der Waals surface area contributed by atoms with Crippen molar-refractivity contribution in [2.24, 2.45) is 0 Å². The lowest BCUT2D eigenvalue weighted by molar-refractivity contribution is -0.135. The van der Waals surface area contributed by atoms with E-state index in [1.807, 2.05) is 9.95 Å². The van der Waals surface area contributed by atoms with Crippen LogP contribution < -0.4 is 4.31 Å². The van der Waals surface area contributed by atoms with E-state index in [-0.39, 0.29) is 20.6 Å². The number of carboxylic acids is 1. The normalized spacial score (nSPS) is 11.6. The highest BCUT2D eigenvalue weighted by molar-refractivity contribution is 7.92. The third kappa shape index (κ3) is 4.65. The first-order valence-electron chi connectivity index (χ1n) is 10.3. The minimum atomic E-state index is -4.29. The fraction of sp³-hybridized carbons (Fsp3) is 0.0435. The van der Waals surface area contributed by atoms with E-state index in [1.54, 1.807) is 42.9 Å². The van der Waals surface area contributed by atoms with Gasteiger partial charge in [-0.15, -0.1) is 11.3 Å². The van der Waals surface area contributed by atoms with Gasteiger partial charge in [0.05, 0.1) is 16.1 Å². The number of benzene rings is 2. The molecule has 1 N–H and O–H groups in total. The van der Waals surface area contributed by atoms with E-state index in [1.165, 1.54) is 35.6 Å². The molecule has 3 heterocycles. The summed E-state index contributed by atoms with van der Waals surface area (Å²) in [6.07, 6.45) is 5.10. The number of carboxylic acid groups (broad SMARTS) is 1. The number of nitrogens with zero attached hydrogens (tertiary/aromatic N) is 5. The summed E-state index contributed by atoms with van der Waals surface area (Å²) in [4.78, 5) is 24.5. The Labute approximate surface area is 219 Å². The second-order valence-corrected chi connectivity index (χ2v) is 11.1. The van der Waals surface area contributed by atoms with Gasteiger partial charge in [0.15, 0.2) is 10.8 Å². The Hall–Kier alpha value is -3.51. The van der Waals surface area contributed by atoms with Crippen molar-refractivity contribution in [3.05, 3.63) is 82.5 Å². The molecule has 0 aliphatic heterocycles. The highest BCUT2D eigenvalue weighted by Crippen LogP contribution is 2.31. The van der Waals surface area contributed by atoms with E-state index in [9.17, 15) is 18.3 Å². The van der Waals surface area contributed by atoms with Crippen LogP contribution >= 0.6 is 34.5 Å². The highest BCUT2D eigenvalue weighted by atomic mass is 35.5. The second-order valence-electron chi connectivity index (χ2n) is 7.52. The molecule has 36 heavy (non-hydrogen) atoms. The maximum atomic E-state index is 13.4. The summed E-state index contributed by atoms with van der Waals surface area (Å²) in [5.41, 5.74) is 0.908. The maximum absolute atomic E-state index is 13.4. The van der Waals surface area contributed by atoms with Crippen LogP contribution in [0.2, 0.25) is 10.0 Å². The molecule has 0 saturated carbocycles. The molecule has 0 aliphatic rings. The van der Waals surface area contributed by atoms with Crippen LogP contribution in [-0.4, -0.2) is 45.6 Å². The van der Waals surface area contributed by atoms with E-state index >= 15 is 0 Å². The topological polar surface area (TPSA) is 118 Å². The van der Waals surface area contributed by atoms with Crippen LogP contribution in [0.1, 0.15) is 0 Å². The molecule has 0 atom stereocenters. The van der Waals surface area contributed by atoms with Crippen LogP contribution in [-0.2, 0) is 14.8 Å². The van der Waals surface area contributed by atoms with Crippen molar-refractivity contribution in [1.29, 1.82) is 0 Å². The summed E-state index contributed by atoms with van der Waals surface area (Å²) in [6.45, 7) is -0.790. The number of halogens is 2. The van der Waals surface area contributed by atoms with Gasteiger partial charge in [-0.3, -0.25) is 9.10 Å². The SMILES string of the molecule is O=C(O)CN(c1ccc2c(ccn2-c2ccnc(-c3nccs3)n2)c1)S(=O)(=O)c1cc(Cl)cc(Cl)c1. The van der Waals surface area contributed by atoms with Crippen LogP contribution in [0.5, 0.6) is 0 Å². The van der Waals surface area contributed by atoms with Gasteiger partial charge in [-0.2, -0.15) is 0 Å². The standard InChI is InChI=1S/C23H15Cl2N5O4S2/c24-15-10-16(25)12-18(11-15)36(33,34)30(13-21(31)32)17-1-2-19-14(9-17)4-7-29(19)20-3-5-26-22(28-20)23-27-6-8-35-23/h1-12H,13H2,(H,31,32). The molecule has 13 heteroatoms. The van der Waals surface area contributed by atoms with Gasteiger partial charge in [0.2, 0.25) is 0 Å². The molecule has 5 aromatic rings. The van der Waals surface area contributed by atoms with Gasteiger partial charge in [0.1, 0.15) is 12.4 Å². The minimum Gasteiger partial charge on any atom is -0.480 e. The number of fused-ring (bicyclic) bond motifs is 1. The van der Waals surface area contributed by atoms with Crippen molar-refractivity contribution in [3.63, 3.8) is 0 Å². The molecule has 0 fully saturated rings. The Kier molecular flexibility index (Phi) is 6.39. The largest absolute Gasteiger partial charge is 0.480 e. The van der Waals surface area contributed by atoms with Crippen molar-refractivity contribution in [1.82, 2.24) is 19.5 Å². The van der Waals surface area contributed by atoms with Crippen LogP contribution in [0.4, 0.5) is 5.69 Å². The number of anilines is 1. The molecule has 0 spiro atoms. The van der Waals surface area contributed by atoms with Gasteiger partial charge in [0.25, 0.3) is 10.0 Å². The lowest BCUT2D eigenvalue weighted by Gasteiger charge is -2.23. The lowest BCUT2D eigenvalue weighted by atomic mass is 10.2. The molecule has 0 amide bonds. The molecular formula is C23H15Cl2N5O4S2. The number of rotatable bonds is 7. The van der Waals surface area contributed by atoms with E-state index in [0.29, 0.717) is 22.0 Å². The fourth-order valence-corrected chi connectivity index (χ4v) is 6.36. The number of aromatic nitrogens is 4. The van der Waals surface area contributed by atoms with Crippen LogP contribution in [0, 0.1) is 0 Å². The average Bonchev–Trinajstić information content (AvgIpc) is 3.52. The van der Waals surface area contributed by atoms with Gasteiger partial charge in [0, 0.05) is 39.4 Å². The Morgan fingerprint density at radius 3 is 2.50 bits per heavy atom. The molecular weight excluding hydrogens is 545 g/mol. The number of hydrogen-bond acceptors (Lipinski definition) is 7. The van der Waals surface area contributed by atoms with Crippen molar-refractivity contribution < 1.29 is 18.3 Å². The summed E-state index contributed by atoms with van der Waals surface area (Å²) in [6, 6.07) is 12.2. The van der Waals surface area contributed by atoms with Gasteiger partial charge in [-0.25, -0.2) is 23.4 Å². The third-order valence-electron chi connectivity index (χ3n) is 5.18. The second kappa shape index (κ2) is 9.51. The summed E-state index contributed by atoms with van der Waals surface area (Å²) in [5, 5.41) is 12.9. The smallest absolute Gasteiger partial charge is 0.324 e. The predicted octanol–water partition coefficient (Wildman–Crippen LogP) is 5.13. The average molecular weight is 560 g/mol. The molecule has 0 radical (unpaired) electrons. The number of hydrogen-bond donors (Lipinski definition) is 1. The number of carbonyl (C=O) groups is 1. The number of sulfonamides is 1. The molecule has 3 aromatic heterocycles. The Morgan fingerprint density at radius 1 is 1.03 bits per heavy atom. The first-order chi connectivity index (χ1) is 17.2. The quantitative estimate of drug-likeness (QED) is 0.293. The van der Waals surface area contributed by atoms with E-state index in [0.717, 1.165) is 9.82 Å². The zero-order chi connectivity index (χ0) is 25.4. The molecule has 0 saturated heterocycles. The lowest BCUT2D eigenvalue weighted by Crippen LogP contribution is -2.35. The van der Waals surface area contributed by atoms with Gasteiger partial charge in [-0.1, -0.05) is 23.2 Å². The molecule has 9 nitrogen and oxygen atoms in total. The summed E-state index contributed by atoms with van der Waals surface area (Å²) in [5.74, 6) is -0.235. The van der Waals surface area contributed by atoms with Gasteiger partial charge < -0.3 is 9.67 Å². The molecule has 0 aliphatic carbocycles. The fourth-order valence-electron chi connectivity index (χ4n) is 3.65. The molecule has 2 aromatic carbocycles. The summed E-state index contributed by atoms with van der Waals surface area (Å²) in [7, 11) is -4.29. The van der Waals surface area contributed by atoms with Crippen LogP contribution in [0.15, 0.2) is 77.4 Å². The highest BCUT2D eigenvalue weighted by Gasteiger charge is 2.28. The molecule has 0 bridgehead atoms. The zero-order valence-electron chi connectivity index (χ0n) is 18.1. The van der Waals surface area contributed by atoms with E-state index in [4.69, 9.17) is 23.2 Å². The number of thiazole rings is 1. The zero-order valence-corrected chi connectivity index (χ0v) is 21.3. The van der Waals surface area contributed by atoms with Crippen molar-refractivity contribution in [2.45, 2.75) is 4.90 Å². The molecule has 182 valence electrons. The van der Waals surface area contributed by atoms with Gasteiger partial charge >= 0.3 is 5.97 Å². The van der Waals surface area contributed by atoms with E-state index in [2.05, 4.69) is 15.0 Å². The Balaban J connectivity index is 1.57. The van der Waals surface area contributed by atoms with Crippen molar-refractivity contribution in [2.75, 3.05) is 10.8 Å². The van der Waals surface area contributed by atoms with Crippen LogP contribution in [0.25, 0.3) is 27.6 Å². The van der Waals surface area contributed by atoms with Crippen molar-refractivity contribution in [3.8, 4) is 16.6 Å². The third-order valence-corrected chi connectivity index (χ3v) is 8.13.